The number of allylic oxidation sites excluding steroid dienone is 8. The van der Waals surface area contributed by atoms with Crippen molar-refractivity contribution < 1.29 is 14.6 Å². The third kappa shape index (κ3) is 7.70. The van der Waals surface area contributed by atoms with Gasteiger partial charge in [-0.1, -0.05) is 60.9 Å². The molecule has 0 aliphatic heterocycles. The Morgan fingerprint density at radius 3 is 2.52 bits per heavy atom. The highest BCUT2D eigenvalue weighted by Crippen LogP contribution is 2.40. The van der Waals surface area contributed by atoms with Crippen LogP contribution in [0.25, 0.3) is 0 Å². The van der Waals surface area contributed by atoms with Crippen molar-refractivity contribution in [3.8, 4) is 0 Å². The van der Waals surface area contributed by atoms with Crippen LogP contribution < -0.4 is 0 Å². The molecule has 1 aliphatic carbocycles. The van der Waals surface area contributed by atoms with Gasteiger partial charge < -0.3 is 9.84 Å². The minimum Gasteiger partial charge on any atom is -0.462 e. The molecule has 1 atom stereocenters. The first kappa shape index (κ1) is 21.2. The van der Waals surface area contributed by atoms with Crippen LogP contribution in [0.1, 0.15) is 54.4 Å². The number of rotatable bonds is 6. The average molecular weight is 344 g/mol. The van der Waals surface area contributed by atoms with E-state index >= 15 is 0 Å². The second-order valence-electron chi connectivity index (χ2n) is 7.49. The lowest BCUT2D eigenvalue weighted by atomic mass is 9.71. The molecule has 0 aromatic carbocycles. The Hall–Kier alpha value is -1.87. The van der Waals surface area contributed by atoms with Gasteiger partial charge in [-0.25, -0.2) is 0 Å². The smallest absolute Gasteiger partial charge is 0.302 e. The molecule has 0 bridgehead atoms. The van der Waals surface area contributed by atoms with Gasteiger partial charge in [0.2, 0.25) is 0 Å². The van der Waals surface area contributed by atoms with Gasteiger partial charge in [0.05, 0.1) is 6.10 Å². The van der Waals surface area contributed by atoms with Crippen molar-refractivity contribution in [2.75, 3.05) is 6.61 Å². The first-order valence-electron chi connectivity index (χ1n) is 8.83. The molecular weight excluding hydrogens is 312 g/mol. The third-order valence-corrected chi connectivity index (χ3v) is 4.40. The highest BCUT2D eigenvalue weighted by Gasteiger charge is 2.31. The van der Waals surface area contributed by atoms with Crippen LogP contribution >= 0.6 is 0 Å². The van der Waals surface area contributed by atoms with E-state index in [0.29, 0.717) is 6.61 Å². The topological polar surface area (TPSA) is 46.5 Å². The largest absolute Gasteiger partial charge is 0.462 e. The summed E-state index contributed by atoms with van der Waals surface area (Å²) in [5.41, 5.74) is 4.81. The van der Waals surface area contributed by atoms with Crippen molar-refractivity contribution in [2.24, 2.45) is 5.41 Å². The van der Waals surface area contributed by atoms with Crippen LogP contribution in [-0.4, -0.2) is 23.8 Å². The molecule has 3 nitrogen and oxygen atoms in total. The van der Waals surface area contributed by atoms with Crippen molar-refractivity contribution in [3.05, 3.63) is 58.7 Å². The number of aliphatic hydroxyl groups excluding tert-OH is 1. The number of aliphatic hydroxyl groups is 1. The molecule has 0 radical (unpaired) electrons. The summed E-state index contributed by atoms with van der Waals surface area (Å²) in [5.74, 6) is -0.267. The van der Waals surface area contributed by atoms with E-state index in [1.165, 1.54) is 18.1 Å². The van der Waals surface area contributed by atoms with Gasteiger partial charge in [-0.05, 0) is 50.7 Å². The van der Waals surface area contributed by atoms with E-state index in [2.05, 4.69) is 45.9 Å². The average Bonchev–Trinajstić information content (AvgIpc) is 2.44. The van der Waals surface area contributed by atoms with Crippen LogP contribution in [-0.2, 0) is 9.53 Å². The fourth-order valence-corrected chi connectivity index (χ4v) is 3.16. The van der Waals surface area contributed by atoms with Gasteiger partial charge in [0, 0.05) is 6.92 Å². The molecule has 0 amide bonds. The Bertz CT molecular complexity index is 628. The summed E-state index contributed by atoms with van der Waals surface area (Å²) in [5, 5.41) is 9.96. The zero-order valence-corrected chi connectivity index (χ0v) is 16.4. The summed E-state index contributed by atoms with van der Waals surface area (Å²) in [4.78, 5) is 10.7. The van der Waals surface area contributed by atoms with Crippen LogP contribution in [0.5, 0.6) is 0 Å². The maximum atomic E-state index is 10.7. The molecule has 1 N–H and O–H groups in total. The van der Waals surface area contributed by atoms with E-state index < -0.39 is 0 Å². The number of hydrogen-bond acceptors (Lipinski definition) is 3. The molecule has 0 aromatic rings. The van der Waals surface area contributed by atoms with Gasteiger partial charge in [-0.2, -0.15) is 0 Å². The molecule has 0 fully saturated rings. The minimum absolute atomic E-state index is 0.00437. The Morgan fingerprint density at radius 2 is 1.92 bits per heavy atom. The first-order chi connectivity index (χ1) is 11.6. The zero-order chi connectivity index (χ0) is 19.0. The standard InChI is InChI=1S/C22H32O3/c1-16(8-7-9-17(2)12-13-25-19(4)23)10-11-21-18(3)14-20(24)15-22(21,5)6/h7-12,20,24H,13-15H2,1-6H3/b9-7+,11-10+,16-8+,17-12+. The number of esters is 1. The van der Waals surface area contributed by atoms with Crippen LogP contribution in [0.15, 0.2) is 58.7 Å². The molecule has 1 unspecified atom stereocenters. The summed E-state index contributed by atoms with van der Waals surface area (Å²) >= 11 is 0. The number of carbonyl (C=O) groups is 1. The number of carbonyl (C=O) groups excluding carboxylic acids is 1. The van der Waals surface area contributed by atoms with E-state index in [0.717, 1.165) is 24.0 Å². The predicted molar refractivity (Wildman–Crippen MR) is 104 cm³/mol. The van der Waals surface area contributed by atoms with E-state index in [4.69, 9.17) is 4.74 Å². The van der Waals surface area contributed by atoms with Crippen molar-refractivity contribution in [2.45, 2.75) is 60.5 Å². The minimum atomic E-state index is -0.267. The quantitative estimate of drug-likeness (QED) is 0.541. The van der Waals surface area contributed by atoms with Crippen LogP contribution in [0, 0.1) is 5.41 Å². The van der Waals surface area contributed by atoms with Crippen molar-refractivity contribution in [3.63, 3.8) is 0 Å². The Balaban J connectivity index is 2.71. The Morgan fingerprint density at radius 1 is 1.24 bits per heavy atom. The summed E-state index contributed by atoms with van der Waals surface area (Å²) in [6.45, 7) is 12.2. The molecule has 3 heteroatoms. The monoisotopic (exact) mass is 344 g/mol. The highest BCUT2D eigenvalue weighted by atomic mass is 16.5. The van der Waals surface area contributed by atoms with Gasteiger partial charge in [-0.15, -0.1) is 0 Å². The van der Waals surface area contributed by atoms with Crippen molar-refractivity contribution in [1.29, 1.82) is 0 Å². The van der Waals surface area contributed by atoms with Crippen LogP contribution in [0.3, 0.4) is 0 Å². The van der Waals surface area contributed by atoms with Gasteiger partial charge in [0.1, 0.15) is 6.61 Å². The molecule has 0 saturated carbocycles. The molecule has 0 aromatic heterocycles. The third-order valence-electron chi connectivity index (χ3n) is 4.40. The molecule has 138 valence electrons. The zero-order valence-electron chi connectivity index (χ0n) is 16.4. The normalized spacial score (nSPS) is 22.1. The first-order valence-corrected chi connectivity index (χ1v) is 8.83. The summed E-state index contributed by atoms with van der Waals surface area (Å²) in [6, 6.07) is 0. The molecule has 0 heterocycles. The van der Waals surface area contributed by atoms with Gasteiger partial charge in [0.25, 0.3) is 0 Å². The summed E-state index contributed by atoms with van der Waals surface area (Å²) in [7, 11) is 0. The summed E-state index contributed by atoms with van der Waals surface area (Å²) < 4.78 is 4.88. The molecule has 0 saturated heterocycles. The van der Waals surface area contributed by atoms with Gasteiger partial charge in [0.15, 0.2) is 0 Å². The SMILES string of the molecule is CC(=O)OC/C=C(C)/C=C/C=C(C)/C=C/C1=C(C)CC(O)CC1(C)C. The van der Waals surface area contributed by atoms with E-state index in [1.807, 2.05) is 25.2 Å². The predicted octanol–water partition coefficient (Wildman–Crippen LogP) is 5.05. The van der Waals surface area contributed by atoms with E-state index in [-0.39, 0.29) is 17.5 Å². The van der Waals surface area contributed by atoms with Crippen molar-refractivity contribution >= 4 is 5.97 Å². The van der Waals surface area contributed by atoms with Gasteiger partial charge in [-0.3, -0.25) is 4.79 Å². The van der Waals surface area contributed by atoms with Crippen LogP contribution in [0.2, 0.25) is 0 Å². The second-order valence-corrected chi connectivity index (χ2v) is 7.49. The van der Waals surface area contributed by atoms with Gasteiger partial charge >= 0.3 is 5.97 Å². The highest BCUT2D eigenvalue weighted by molar-refractivity contribution is 5.66. The molecular formula is C22H32O3. The van der Waals surface area contributed by atoms with Crippen LogP contribution in [0.4, 0.5) is 0 Å². The maximum absolute atomic E-state index is 10.7. The van der Waals surface area contributed by atoms with E-state index in [1.54, 1.807) is 0 Å². The fraction of sp³-hybridized carbons (Fsp3) is 0.500. The maximum Gasteiger partial charge on any atom is 0.302 e. The Labute approximate surface area is 152 Å². The number of hydrogen-bond donors (Lipinski definition) is 1. The number of ether oxygens (including phenoxy) is 1. The van der Waals surface area contributed by atoms with Crippen molar-refractivity contribution in [1.82, 2.24) is 0 Å². The fourth-order valence-electron chi connectivity index (χ4n) is 3.16. The summed E-state index contributed by atoms with van der Waals surface area (Å²) in [6.07, 6.45) is 13.6. The Kier molecular flexibility index (Phi) is 8.11. The second kappa shape index (κ2) is 9.57. The lowest BCUT2D eigenvalue weighted by Crippen LogP contribution is -2.28. The lowest BCUT2D eigenvalue weighted by Gasteiger charge is -2.35. The lowest BCUT2D eigenvalue weighted by molar-refractivity contribution is -0.139. The molecule has 0 spiro atoms. The molecule has 1 aliphatic rings. The molecule has 1 rings (SSSR count). The van der Waals surface area contributed by atoms with E-state index in [9.17, 15) is 9.90 Å². The molecule has 25 heavy (non-hydrogen) atoms.